The Hall–Kier alpha value is -2.33. The second kappa shape index (κ2) is 7.01. The van der Waals surface area contributed by atoms with Gasteiger partial charge in [0.05, 0.1) is 16.1 Å². The fourth-order valence-corrected chi connectivity index (χ4v) is 3.43. The molecule has 5 heteroatoms. The van der Waals surface area contributed by atoms with Gasteiger partial charge < -0.3 is 10.6 Å². The largest absolute Gasteiger partial charge is 0.326 e. The van der Waals surface area contributed by atoms with Crippen molar-refractivity contribution in [2.75, 3.05) is 10.6 Å². The normalized spacial score (nSPS) is 15.1. The maximum atomic E-state index is 13.0. The van der Waals surface area contributed by atoms with E-state index in [1.807, 2.05) is 0 Å². The molecule has 2 aromatic carbocycles. The highest BCUT2D eigenvalue weighted by molar-refractivity contribution is 6.34. The first-order chi connectivity index (χ1) is 12.6. The Labute approximate surface area is 165 Å². The van der Waals surface area contributed by atoms with Crippen LogP contribution >= 0.6 is 11.6 Å². The van der Waals surface area contributed by atoms with Crippen LogP contribution in [0.25, 0.3) is 0 Å². The van der Waals surface area contributed by atoms with Crippen LogP contribution in [0.3, 0.4) is 0 Å². The molecule has 0 bridgehead atoms. The molecule has 2 N–H and O–H groups in total. The Morgan fingerprint density at radius 2 is 1.63 bits per heavy atom. The molecule has 3 rings (SSSR count). The van der Waals surface area contributed by atoms with Crippen molar-refractivity contribution < 1.29 is 9.59 Å². The van der Waals surface area contributed by atoms with Crippen LogP contribution < -0.4 is 10.6 Å². The van der Waals surface area contributed by atoms with Crippen LogP contribution in [0.5, 0.6) is 0 Å². The molecule has 0 unspecified atom stereocenters. The second-order valence-electron chi connectivity index (χ2n) is 8.24. The Kier molecular flexibility index (Phi) is 5.04. The summed E-state index contributed by atoms with van der Waals surface area (Å²) in [7, 11) is 0. The van der Waals surface area contributed by atoms with Gasteiger partial charge >= 0.3 is 0 Å². The van der Waals surface area contributed by atoms with Crippen molar-refractivity contribution in [3.63, 3.8) is 0 Å². The van der Waals surface area contributed by atoms with Gasteiger partial charge in [0.15, 0.2) is 0 Å². The van der Waals surface area contributed by atoms with Gasteiger partial charge in [-0.25, -0.2) is 0 Å². The number of carbonyl (C=O) groups excluding carboxylic acids is 2. The smallest absolute Gasteiger partial charge is 0.235 e. The Bertz CT molecular complexity index is 878. The van der Waals surface area contributed by atoms with E-state index >= 15 is 0 Å². The number of hydrogen-bond acceptors (Lipinski definition) is 2. The van der Waals surface area contributed by atoms with E-state index in [1.165, 1.54) is 12.5 Å². The molecule has 0 radical (unpaired) electrons. The first-order valence-electron chi connectivity index (χ1n) is 9.11. The first-order valence-corrected chi connectivity index (χ1v) is 9.49. The quantitative estimate of drug-likeness (QED) is 0.754. The van der Waals surface area contributed by atoms with Gasteiger partial charge in [0, 0.05) is 12.6 Å². The molecule has 1 aliphatic rings. The van der Waals surface area contributed by atoms with Crippen LogP contribution in [0.4, 0.5) is 11.4 Å². The van der Waals surface area contributed by atoms with Gasteiger partial charge in [0.1, 0.15) is 0 Å². The number of carbonyl (C=O) groups is 2. The minimum absolute atomic E-state index is 0.0415. The van der Waals surface area contributed by atoms with Crippen LogP contribution in [0.1, 0.15) is 51.7 Å². The van der Waals surface area contributed by atoms with Crippen molar-refractivity contribution in [1.29, 1.82) is 0 Å². The van der Waals surface area contributed by atoms with E-state index in [-0.39, 0.29) is 17.2 Å². The Morgan fingerprint density at radius 3 is 2.11 bits per heavy atom. The van der Waals surface area contributed by atoms with Crippen molar-refractivity contribution in [2.45, 2.75) is 51.4 Å². The monoisotopic (exact) mass is 384 g/mol. The molecule has 4 nitrogen and oxygen atoms in total. The number of halogens is 1. The fourth-order valence-electron chi connectivity index (χ4n) is 3.20. The summed E-state index contributed by atoms with van der Waals surface area (Å²) in [6.07, 6.45) is 1.66. The van der Waals surface area contributed by atoms with Crippen LogP contribution in [-0.4, -0.2) is 11.8 Å². The van der Waals surface area contributed by atoms with Gasteiger partial charge in [-0.2, -0.15) is 0 Å². The van der Waals surface area contributed by atoms with Gasteiger partial charge in [-0.15, -0.1) is 0 Å². The van der Waals surface area contributed by atoms with E-state index in [9.17, 15) is 9.59 Å². The summed E-state index contributed by atoms with van der Waals surface area (Å²) in [4.78, 5) is 24.1. The number of benzene rings is 2. The first kappa shape index (κ1) is 19.4. The number of amides is 2. The molecular formula is C22H25ClN2O2. The number of nitrogens with one attached hydrogen (secondary N) is 2. The third-order valence-corrected chi connectivity index (χ3v) is 5.34. The minimum atomic E-state index is -0.476. The van der Waals surface area contributed by atoms with Gasteiger partial charge in [-0.1, -0.05) is 56.6 Å². The zero-order valence-corrected chi connectivity index (χ0v) is 16.9. The molecule has 2 amide bonds. The molecule has 0 saturated heterocycles. The summed E-state index contributed by atoms with van der Waals surface area (Å²) in [6, 6.07) is 13.4. The standard InChI is InChI=1S/C22H25ClN2O2/c1-14(26)24-17-9-10-19(18(23)13-17)25-20(27)22(11-12-22)16-7-5-15(6-8-16)21(2,3)4/h5-10,13H,11-12H2,1-4H3,(H,24,26)(H,25,27). The lowest BCUT2D eigenvalue weighted by Crippen LogP contribution is -2.28. The summed E-state index contributed by atoms with van der Waals surface area (Å²) in [5, 5.41) is 6.03. The Morgan fingerprint density at radius 1 is 1.00 bits per heavy atom. The number of anilines is 2. The molecule has 27 heavy (non-hydrogen) atoms. The molecule has 142 valence electrons. The van der Waals surface area contributed by atoms with E-state index in [0.29, 0.717) is 16.4 Å². The maximum absolute atomic E-state index is 13.0. The highest BCUT2D eigenvalue weighted by Crippen LogP contribution is 2.49. The van der Waals surface area contributed by atoms with Crippen molar-refractivity contribution >= 4 is 34.8 Å². The summed E-state index contributed by atoms with van der Waals surface area (Å²) < 4.78 is 0. The maximum Gasteiger partial charge on any atom is 0.235 e. The molecule has 1 saturated carbocycles. The van der Waals surface area contributed by atoms with Gasteiger partial charge in [-0.05, 0) is 47.6 Å². The van der Waals surface area contributed by atoms with E-state index in [0.717, 1.165) is 18.4 Å². The topological polar surface area (TPSA) is 58.2 Å². The van der Waals surface area contributed by atoms with Crippen molar-refractivity contribution in [3.8, 4) is 0 Å². The Balaban J connectivity index is 1.77. The summed E-state index contributed by atoms with van der Waals surface area (Å²) in [6.45, 7) is 7.96. The summed E-state index contributed by atoms with van der Waals surface area (Å²) in [5.41, 5.74) is 3.05. The van der Waals surface area contributed by atoms with Gasteiger partial charge in [-0.3, -0.25) is 9.59 Å². The van der Waals surface area contributed by atoms with Gasteiger partial charge in [0.2, 0.25) is 11.8 Å². The van der Waals surface area contributed by atoms with Crippen LogP contribution in [0.15, 0.2) is 42.5 Å². The SMILES string of the molecule is CC(=O)Nc1ccc(NC(=O)C2(c3ccc(C(C)(C)C)cc3)CC2)c(Cl)c1. The van der Waals surface area contributed by atoms with Crippen LogP contribution in [0.2, 0.25) is 5.02 Å². The van der Waals surface area contributed by atoms with E-state index in [4.69, 9.17) is 11.6 Å². The van der Waals surface area contributed by atoms with Crippen molar-refractivity contribution in [2.24, 2.45) is 0 Å². The zero-order valence-electron chi connectivity index (χ0n) is 16.2. The molecule has 0 heterocycles. The lowest BCUT2D eigenvalue weighted by Gasteiger charge is -2.21. The number of hydrogen-bond donors (Lipinski definition) is 2. The lowest BCUT2D eigenvalue weighted by molar-refractivity contribution is -0.118. The van der Waals surface area contributed by atoms with Gasteiger partial charge in [0.25, 0.3) is 0 Å². The predicted molar refractivity (Wildman–Crippen MR) is 110 cm³/mol. The zero-order chi connectivity index (χ0) is 19.8. The summed E-state index contributed by atoms with van der Waals surface area (Å²) in [5.74, 6) is -0.210. The third kappa shape index (κ3) is 4.16. The van der Waals surface area contributed by atoms with E-state index in [2.05, 4.69) is 55.7 Å². The molecule has 0 aromatic heterocycles. The van der Waals surface area contributed by atoms with E-state index < -0.39 is 5.41 Å². The number of rotatable bonds is 4. The molecule has 0 atom stereocenters. The molecule has 1 aliphatic carbocycles. The highest BCUT2D eigenvalue weighted by atomic mass is 35.5. The average Bonchev–Trinajstić information content (AvgIpc) is 3.38. The molecular weight excluding hydrogens is 360 g/mol. The lowest BCUT2D eigenvalue weighted by atomic mass is 9.85. The fraction of sp³-hybridized carbons (Fsp3) is 0.364. The van der Waals surface area contributed by atoms with Crippen molar-refractivity contribution in [1.82, 2.24) is 0 Å². The van der Waals surface area contributed by atoms with Crippen LogP contribution in [-0.2, 0) is 20.4 Å². The molecule has 1 fully saturated rings. The predicted octanol–water partition coefficient (Wildman–Crippen LogP) is 5.27. The highest BCUT2D eigenvalue weighted by Gasteiger charge is 2.51. The second-order valence-corrected chi connectivity index (χ2v) is 8.65. The molecule has 2 aromatic rings. The summed E-state index contributed by atoms with van der Waals surface area (Å²) >= 11 is 6.28. The third-order valence-electron chi connectivity index (χ3n) is 5.03. The minimum Gasteiger partial charge on any atom is -0.326 e. The van der Waals surface area contributed by atoms with E-state index in [1.54, 1.807) is 18.2 Å². The molecule has 0 spiro atoms. The average molecular weight is 385 g/mol. The molecule has 0 aliphatic heterocycles. The van der Waals surface area contributed by atoms with Crippen LogP contribution in [0, 0.1) is 0 Å². The van der Waals surface area contributed by atoms with Crippen molar-refractivity contribution in [3.05, 3.63) is 58.6 Å².